The Bertz CT molecular complexity index is 1210. The highest BCUT2D eigenvalue weighted by molar-refractivity contribution is 7.10. The molecular weight excluding hydrogens is 438 g/mol. The average Bonchev–Trinajstić information content (AvgIpc) is 3.39. The smallest absolute Gasteiger partial charge is 0.340 e. The predicted octanol–water partition coefficient (Wildman–Crippen LogP) is 4.05. The van der Waals surface area contributed by atoms with Crippen LogP contribution in [-0.4, -0.2) is 47.5 Å². The van der Waals surface area contributed by atoms with Crippen molar-refractivity contribution in [1.29, 1.82) is 0 Å². The van der Waals surface area contributed by atoms with Gasteiger partial charge in [-0.1, -0.05) is 42.5 Å². The number of para-hydroxylation sites is 2. The number of carbonyl (C=O) groups excluding carboxylic acids is 3. The molecule has 2 aromatic carbocycles. The highest BCUT2D eigenvalue weighted by Gasteiger charge is 2.47. The molecule has 4 amide bonds. The average molecular weight is 462 g/mol. The second kappa shape index (κ2) is 8.80. The third-order valence-corrected chi connectivity index (χ3v) is 6.96. The van der Waals surface area contributed by atoms with Crippen molar-refractivity contribution in [1.82, 2.24) is 9.80 Å². The largest absolute Gasteiger partial charge is 0.492 e. The molecular formula is C25H23N3O4S. The summed E-state index contributed by atoms with van der Waals surface area (Å²) in [5, 5.41) is 2.08. The fourth-order valence-electron chi connectivity index (χ4n) is 4.49. The van der Waals surface area contributed by atoms with Crippen molar-refractivity contribution in [3.63, 3.8) is 0 Å². The zero-order valence-corrected chi connectivity index (χ0v) is 19.0. The molecule has 1 atom stereocenters. The van der Waals surface area contributed by atoms with E-state index in [1.807, 2.05) is 37.3 Å². The Hall–Kier alpha value is -3.49. The van der Waals surface area contributed by atoms with Gasteiger partial charge < -0.3 is 4.74 Å². The first-order chi connectivity index (χ1) is 16.1. The number of benzene rings is 2. The fourth-order valence-corrected chi connectivity index (χ4v) is 5.39. The van der Waals surface area contributed by atoms with E-state index in [4.69, 9.17) is 4.74 Å². The molecule has 0 radical (unpaired) electrons. The topological polar surface area (TPSA) is 70.2 Å². The quantitative estimate of drug-likeness (QED) is 0.409. The molecule has 0 N–H and O–H groups in total. The first-order valence-corrected chi connectivity index (χ1v) is 11.7. The van der Waals surface area contributed by atoms with Gasteiger partial charge in [0.05, 0.1) is 25.0 Å². The maximum Gasteiger partial charge on any atom is 0.340 e. The molecule has 7 nitrogen and oxygen atoms in total. The molecule has 2 aliphatic rings. The van der Waals surface area contributed by atoms with Gasteiger partial charge in [0.1, 0.15) is 5.75 Å². The van der Waals surface area contributed by atoms with E-state index in [9.17, 15) is 14.4 Å². The number of fused-ring (bicyclic) bond motifs is 1. The van der Waals surface area contributed by atoms with Crippen molar-refractivity contribution in [3.8, 4) is 5.75 Å². The van der Waals surface area contributed by atoms with Crippen LogP contribution >= 0.6 is 11.3 Å². The van der Waals surface area contributed by atoms with E-state index < -0.39 is 17.8 Å². The number of carbonyl (C=O) groups is 3. The molecule has 168 valence electrons. The van der Waals surface area contributed by atoms with Gasteiger partial charge in [-0.3, -0.25) is 14.5 Å². The van der Waals surface area contributed by atoms with Gasteiger partial charge >= 0.3 is 17.8 Å². The Balaban J connectivity index is 1.46. The summed E-state index contributed by atoms with van der Waals surface area (Å²) < 4.78 is 5.59. The van der Waals surface area contributed by atoms with Gasteiger partial charge in [0.2, 0.25) is 0 Å². The zero-order valence-electron chi connectivity index (χ0n) is 18.1. The van der Waals surface area contributed by atoms with E-state index in [0.717, 1.165) is 21.8 Å². The third-order valence-electron chi connectivity index (χ3n) is 5.96. The van der Waals surface area contributed by atoms with Gasteiger partial charge in [0.25, 0.3) is 0 Å². The van der Waals surface area contributed by atoms with E-state index in [1.165, 1.54) is 10.4 Å². The van der Waals surface area contributed by atoms with Crippen LogP contribution < -0.4 is 9.64 Å². The standard InChI is InChI=1S/C25H23N3O4S/c1-2-32-20-11-7-6-10-19(20)28-24(30)23(29)27(25(28)31)16-26-14-12-21-18(13-15-33-21)22(26)17-8-4-3-5-9-17/h3-11,13,15,22H,2,12,14,16H2,1H3/t22-/m1/s1. The van der Waals surface area contributed by atoms with Crippen molar-refractivity contribution in [2.75, 3.05) is 24.7 Å². The molecule has 8 heteroatoms. The lowest BCUT2D eigenvalue weighted by Crippen LogP contribution is -2.46. The molecule has 0 spiro atoms. The van der Waals surface area contributed by atoms with Gasteiger partial charge in [0.15, 0.2) is 0 Å². The fraction of sp³-hybridized carbons (Fsp3) is 0.240. The van der Waals surface area contributed by atoms with E-state index >= 15 is 0 Å². The summed E-state index contributed by atoms with van der Waals surface area (Å²) in [6.07, 6.45) is 0.831. The summed E-state index contributed by atoms with van der Waals surface area (Å²) >= 11 is 1.72. The lowest BCUT2D eigenvalue weighted by atomic mass is 9.94. The van der Waals surface area contributed by atoms with Crippen LogP contribution in [0.2, 0.25) is 0 Å². The van der Waals surface area contributed by atoms with Crippen molar-refractivity contribution in [2.45, 2.75) is 19.4 Å². The SMILES string of the molecule is CCOc1ccccc1N1C(=O)C(=O)N(CN2CCc3sccc3[C@H]2c2ccccc2)C1=O. The second-order valence-electron chi connectivity index (χ2n) is 7.87. The molecule has 2 aliphatic heterocycles. The van der Waals surface area contributed by atoms with Crippen LogP contribution in [0.3, 0.4) is 0 Å². The molecule has 1 saturated heterocycles. The van der Waals surface area contributed by atoms with Gasteiger partial charge in [0, 0.05) is 11.4 Å². The van der Waals surface area contributed by atoms with Gasteiger partial charge in [-0.2, -0.15) is 0 Å². The molecule has 3 aromatic rings. The second-order valence-corrected chi connectivity index (χ2v) is 8.87. The molecule has 0 aliphatic carbocycles. The van der Waals surface area contributed by atoms with Crippen molar-refractivity contribution >= 4 is 34.9 Å². The molecule has 33 heavy (non-hydrogen) atoms. The molecule has 3 heterocycles. The molecule has 0 unspecified atom stereocenters. The van der Waals surface area contributed by atoms with Crippen molar-refractivity contribution < 1.29 is 19.1 Å². The first-order valence-electron chi connectivity index (χ1n) is 10.9. The summed E-state index contributed by atoms with van der Waals surface area (Å²) in [7, 11) is 0. The maximum absolute atomic E-state index is 13.3. The maximum atomic E-state index is 13.3. The summed E-state index contributed by atoms with van der Waals surface area (Å²) in [4.78, 5) is 44.5. The lowest BCUT2D eigenvalue weighted by molar-refractivity contribution is -0.140. The van der Waals surface area contributed by atoms with Crippen LogP contribution in [0, 0.1) is 0 Å². The number of hydrogen-bond donors (Lipinski definition) is 0. The summed E-state index contributed by atoms with van der Waals surface area (Å²) in [6, 6.07) is 18.1. The summed E-state index contributed by atoms with van der Waals surface area (Å²) in [5.74, 6) is -1.30. The summed E-state index contributed by atoms with van der Waals surface area (Å²) in [6.45, 7) is 2.90. The molecule has 5 rings (SSSR count). The molecule has 1 fully saturated rings. The monoisotopic (exact) mass is 461 g/mol. The molecule has 1 aromatic heterocycles. The molecule has 0 saturated carbocycles. The van der Waals surface area contributed by atoms with Gasteiger partial charge in [-0.05, 0) is 48.1 Å². The van der Waals surface area contributed by atoms with Gasteiger partial charge in [-0.25, -0.2) is 14.6 Å². The van der Waals surface area contributed by atoms with E-state index in [0.29, 0.717) is 18.9 Å². The minimum absolute atomic E-state index is 0.0333. The van der Waals surface area contributed by atoms with Crippen molar-refractivity contribution in [3.05, 3.63) is 82.0 Å². The van der Waals surface area contributed by atoms with E-state index in [-0.39, 0.29) is 18.4 Å². The Morgan fingerprint density at radius 3 is 2.52 bits per heavy atom. The lowest BCUT2D eigenvalue weighted by Gasteiger charge is -2.37. The number of ether oxygens (including phenoxy) is 1. The Kier molecular flexibility index (Phi) is 5.70. The highest BCUT2D eigenvalue weighted by Crippen LogP contribution is 2.38. The van der Waals surface area contributed by atoms with E-state index in [2.05, 4.69) is 16.3 Å². The Morgan fingerprint density at radius 1 is 0.970 bits per heavy atom. The van der Waals surface area contributed by atoms with Crippen LogP contribution in [0.5, 0.6) is 5.75 Å². The summed E-state index contributed by atoms with van der Waals surface area (Å²) in [5.41, 5.74) is 2.55. The highest BCUT2D eigenvalue weighted by atomic mass is 32.1. The minimum Gasteiger partial charge on any atom is -0.492 e. The van der Waals surface area contributed by atoms with Crippen LogP contribution in [0.4, 0.5) is 10.5 Å². The predicted molar refractivity (Wildman–Crippen MR) is 125 cm³/mol. The number of imide groups is 2. The minimum atomic E-state index is -0.864. The van der Waals surface area contributed by atoms with Crippen LogP contribution in [-0.2, 0) is 16.0 Å². The van der Waals surface area contributed by atoms with Crippen LogP contribution in [0.25, 0.3) is 0 Å². The Morgan fingerprint density at radius 2 is 1.73 bits per heavy atom. The number of urea groups is 1. The normalized spacial score (nSPS) is 18.7. The number of amides is 4. The van der Waals surface area contributed by atoms with Crippen LogP contribution in [0.15, 0.2) is 66.0 Å². The van der Waals surface area contributed by atoms with Crippen LogP contribution in [0.1, 0.15) is 29.0 Å². The third kappa shape index (κ3) is 3.71. The van der Waals surface area contributed by atoms with E-state index in [1.54, 1.807) is 35.6 Å². The Labute approximate surface area is 195 Å². The number of rotatable bonds is 6. The number of nitrogens with zero attached hydrogens (tertiary/aromatic N) is 3. The van der Waals surface area contributed by atoms with Crippen molar-refractivity contribution in [2.24, 2.45) is 0 Å². The first kappa shape index (κ1) is 21.4. The number of hydrogen-bond acceptors (Lipinski definition) is 6. The molecule has 0 bridgehead atoms. The number of anilines is 1. The zero-order chi connectivity index (χ0) is 22.9. The van der Waals surface area contributed by atoms with Gasteiger partial charge in [-0.15, -0.1) is 11.3 Å². The number of thiophene rings is 1.